The van der Waals surface area contributed by atoms with Gasteiger partial charge < -0.3 is 10.8 Å². The first-order valence-electron chi connectivity index (χ1n) is 6.58. The van der Waals surface area contributed by atoms with E-state index in [0.29, 0.717) is 6.04 Å². The van der Waals surface area contributed by atoms with Crippen LogP contribution in [0.25, 0.3) is 0 Å². The lowest BCUT2D eigenvalue weighted by Crippen LogP contribution is -2.48. The molecule has 1 rings (SSSR count). The molecular formula is C13H28N2O. The molecule has 1 saturated heterocycles. The quantitative estimate of drug-likeness (QED) is 0.768. The molecule has 96 valence electrons. The van der Waals surface area contributed by atoms with Crippen molar-refractivity contribution in [2.45, 2.75) is 58.5 Å². The molecule has 16 heavy (non-hydrogen) atoms. The molecule has 1 aliphatic heterocycles. The lowest BCUT2D eigenvalue weighted by molar-refractivity contribution is 0.0788. The standard InChI is InChI=1S/C13H28N2O/c1-11(14)13(2,3)10-15-8-6-4-5-7-12(15)9-16/h11-12,16H,4-10,14H2,1-3H3. The zero-order valence-electron chi connectivity index (χ0n) is 11.1. The zero-order valence-corrected chi connectivity index (χ0v) is 11.1. The van der Waals surface area contributed by atoms with Crippen LogP contribution in [0.15, 0.2) is 0 Å². The Morgan fingerprint density at radius 1 is 1.38 bits per heavy atom. The second kappa shape index (κ2) is 5.99. The van der Waals surface area contributed by atoms with Gasteiger partial charge >= 0.3 is 0 Å². The number of aliphatic hydroxyl groups excluding tert-OH is 1. The highest BCUT2D eigenvalue weighted by molar-refractivity contribution is 4.85. The number of hydrogen-bond acceptors (Lipinski definition) is 3. The van der Waals surface area contributed by atoms with Gasteiger partial charge in [0.05, 0.1) is 6.61 Å². The monoisotopic (exact) mass is 228 g/mol. The fraction of sp³-hybridized carbons (Fsp3) is 1.00. The van der Waals surface area contributed by atoms with Crippen molar-refractivity contribution in [1.29, 1.82) is 0 Å². The van der Waals surface area contributed by atoms with E-state index in [1.54, 1.807) is 0 Å². The van der Waals surface area contributed by atoms with Crippen molar-refractivity contribution in [1.82, 2.24) is 4.90 Å². The van der Waals surface area contributed by atoms with E-state index in [9.17, 15) is 5.11 Å². The van der Waals surface area contributed by atoms with Crippen molar-refractivity contribution in [3.05, 3.63) is 0 Å². The first-order valence-corrected chi connectivity index (χ1v) is 6.58. The third-order valence-electron chi connectivity index (χ3n) is 4.05. The van der Waals surface area contributed by atoms with Gasteiger partial charge in [0.25, 0.3) is 0 Å². The Morgan fingerprint density at radius 3 is 2.62 bits per heavy atom. The molecule has 1 aliphatic rings. The summed E-state index contributed by atoms with van der Waals surface area (Å²) in [5.41, 5.74) is 6.15. The predicted molar refractivity (Wildman–Crippen MR) is 68.3 cm³/mol. The fourth-order valence-electron chi connectivity index (χ4n) is 2.32. The van der Waals surface area contributed by atoms with Crippen molar-refractivity contribution in [3.8, 4) is 0 Å². The average molecular weight is 228 g/mol. The van der Waals surface area contributed by atoms with Crippen LogP contribution in [0.2, 0.25) is 0 Å². The number of nitrogens with two attached hydrogens (primary N) is 1. The Morgan fingerprint density at radius 2 is 2.06 bits per heavy atom. The predicted octanol–water partition coefficient (Wildman–Crippen LogP) is 1.60. The van der Waals surface area contributed by atoms with Gasteiger partial charge in [-0.3, -0.25) is 4.90 Å². The molecule has 3 heteroatoms. The third kappa shape index (κ3) is 3.72. The average Bonchev–Trinajstić information content (AvgIpc) is 2.42. The summed E-state index contributed by atoms with van der Waals surface area (Å²) >= 11 is 0. The maximum Gasteiger partial charge on any atom is 0.0586 e. The van der Waals surface area contributed by atoms with Gasteiger partial charge in [0.1, 0.15) is 0 Å². The van der Waals surface area contributed by atoms with Crippen molar-refractivity contribution in [2.75, 3.05) is 19.7 Å². The van der Waals surface area contributed by atoms with E-state index < -0.39 is 0 Å². The maximum atomic E-state index is 9.45. The van der Waals surface area contributed by atoms with Crippen LogP contribution in [0.4, 0.5) is 0 Å². The second-order valence-corrected chi connectivity index (χ2v) is 5.93. The van der Waals surface area contributed by atoms with Gasteiger partial charge in [-0.2, -0.15) is 0 Å². The van der Waals surface area contributed by atoms with Crippen molar-refractivity contribution >= 4 is 0 Å². The largest absolute Gasteiger partial charge is 0.395 e. The van der Waals surface area contributed by atoms with Gasteiger partial charge in [0.15, 0.2) is 0 Å². The summed E-state index contributed by atoms with van der Waals surface area (Å²) in [5.74, 6) is 0. The third-order valence-corrected chi connectivity index (χ3v) is 4.05. The van der Waals surface area contributed by atoms with E-state index in [1.807, 2.05) is 0 Å². The van der Waals surface area contributed by atoms with Crippen LogP contribution in [-0.2, 0) is 0 Å². The van der Waals surface area contributed by atoms with Crippen molar-refractivity contribution in [2.24, 2.45) is 11.1 Å². The summed E-state index contributed by atoms with van der Waals surface area (Å²) in [6.07, 6.45) is 4.93. The van der Waals surface area contributed by atoms with E-state index in [-0.39, 0.29) is 18.1 Å². The second-order valence-electron chi connectivity index (χ2n) is 5.93. The van der Waals surface area contributed by atoms with Gasteiger partial charge in [-0.15, -0.1) is 0 Å². The Balaban J connectivity index is 2.61. The van der Waals surface area contributed by atoms with Crippen LogP contribution in [-0.4, -0.2) is 41.8 Å². The molecule has 0 aromatic heterocycles. The molecule has 2 unspecified atom stereocenters. The SMILES string of the molecule is CC(N)C(C)(C)CN1CCCCCC1CO. The van der Waals surface area contributed by atoms with E-state index >= 15 is 0 Å². The lowest BCUT2D eigenvalue weighted by atomic mass is 9.85. The molecule has 1 heterocycles. The lowest BCUT2D eigenvalue weighted by Gasteiger charge is -2.38. The first-order chi connectivity index (χ1) is 7.47. The zero-order chi connectivity index (χ0) is 12.2. The highest BCUT2D eigenvalue weighted by Crippen LogP contribution is 2.25. The highest BCUT2D eigenvalue weighted by Gasteiger charge is 2.29. The summed E-state index contributed by atoms with van der Waals surface area (Å²) in [6.45, 7) is 8.91. The van der Waals surface area contributed by atoms with Gasteiger partial charge in [0.2, 0.25) is 0 Å². The Hall–Kier alpha value is -0.120. The highest BCUT2D eigenvalue weighted by atomic mass is 16.3. The molecule has 0 aromatic rings. The smallest absolute Gasteiger partial charge is 0.0586 e. The van der Waals surface area contributed by atoms with Crippen LogP contribution >= 0.6 is 0 Å². The number of likely N-dealkylation sites (tertiary alicyclic amines) is 1. The van der Waals surface area contributed by atoms with Crippen molar-refractivity contribution in [3.63, 3.8) is 0 Å². The minimum Gasteiger partial charge on any atom is -0.395 e. The fourth-order valence-corrected chi connectivity index (χ4v) is 2.32. The van der Waals surface area contributed by atoms with E-state index in [2.05, 4.69) is 25.7 Å². The number of aliphatic hydroxyl groups is 1. The number of nitrogens with zero attached hydrogens (tertiary/aromatic N) is 1. The molecule has 1 fully saturated rings. The van der Waals surface area contributed by atoms with Gasteiger partial charge in [-0.1, -0.05) is 26.7 Å². The Kier molecular flexibility index (Phi) is 5.22. The minimum atomic E-state index is 0.123. The van der Waals surface area contributed by atoms with E-state index in [0.717, 1.165) is 19.5 Å². The Bertz CT molecular complexity index is 204. The molecule has 0 saturated carbocycles. The van der Waals surface area contributed by atoms with Gasteiger partial charge in [-0.05, 0) is 31.7 Å². The van der Waals surface area contributed by atoms with Crippen LogP contribution < -0.4 is 5.73 Å². The van der Waals surface area contributed by atoms with Gasteiger partial charge in [-0.25, -0.2) is 0 Å². The molecular weight excluding hydrogens is 200 g/mol. The molecule has 0 bridgehead atoms. The van der Waals surface area contributed by atoms with Crippen LogP contribution in [0.3, 0.4) is 0 Å². The van der Waals surface area contributed by atoms with E-state index in [1.165, 1.54) is 19.3 Å². The molecule has 0 radical (unpaired) electrons. The first kappa shape index (κ1) is 13.9. The Labute approximate surface area is 100 Å². The summed E-state index contributed by atoms with van der Waals surface area (Å²) in [6, 6.07) is 0.538. The number of rotatable bonds is 4. The van der Waals surface area contributed by atoms with Crippen LogP contribution in [0, 0.1) is 5.41 Å². The summed E-state index contributed by atoms with van der Waals surface area (Å²) in [5, 5.41) is 9.45. The molecule has 3 nitrogen and oxygen atoms in total. The van der Waals surface area contributed by atoms with E-state index in [4.69, 9.17) is 5.73 Å². The molecule has 0 amide bonds. The normalized spacial score (nSPS) is 26.4. The van der Waals surface area contributed by atoms with Crippen LogP contribution in [0.1, 0.15) is 46.5 Å². The molecule has 0 aliphatic carbocycles. The summed E-state index contributed by atoms with van der Waals surface area (Å²) in [7, 11) is 0. The summed E-state index contributed by atoms with van der Waals surface area (Å²) < 4.78 is 0. The minimum absolute atomic E-state index is 0.123. The molecule has 0 aromatic carbocycles. The van der Waals surface area contributed by atoms with Gasteiger partial charge in [0, 0.05) is 18.6 Å². The number of hydrogen-bond donors (Lipinski definition) is 2. The topological polar surface area (TPSA) is 49.5 Å². The molecule has 0 spiro atoms. The van der Waals surface area contributed by atoms with Crippen LogP contribution in [0.5, 0.6) is 0 Å². The molecule has 2 atom stereocenters. The molecule has 3 N–H and O–H groups in total. The maximum absolute atomic E-state index is 9.45. The summed E-state index contributed by atoms with van der Waals surface area (Å²) in [4.78, 5) is 2.44. The van der Waals surface area contributed by atoms with Crippen molar-refractivity contribution < 1.29 is 5.11 Å².